The SMILES string of the molecule is CCOc1ccc(NC(=O)Cn2c(=O)ccc3cc([N+](=O)[O-])ccc32)cc1. The number of amides is 1. The Morgan fingerprint density at radius 2 is 1.89 bits per heavy atom. The maximum Gasteiger partial charge on any atom is 0.270 e. The zero-order valence-corrected chi connectivity index (χ0v) is 14.5. The van der Waals surface area contributed by atoms with E-state index in [2.05, 4.69) is 5.32 Å². The van der Waals surface area contributed by atoms with Crippen molar-refractivity contribution in [1.82, 2.24) is 4.57 Å². The number of nitro groups is 1. The fourth-order valence-corrected chi connectivity index (χ4v) is 2.71. The number of nitrogens with one attached hydrogen (secondary N) is 1. The molecule has 0 aliphatic heterocycles. The second kappa shape index (κ2) is 7.69. The first-order chi connectivity index (χ1) is 13.0. The number of anilines is 1. The lowest BCUT2D eigenvalue weighted by Crippen LogP contribution is -2.27. The van der Waals surface area contributed by atoms with E-state index < -0.39 is 4.92 Å². The van der Waals surface area contributed by atoms with Gasteiger partial charge in [0.1, 0.15) is 12.3 Å². The monoisotopic (exact) mass is 367 g/mol. The van der Waals surface area contributed by atoms with Crippen LogP contribution in [-0.2, 0) is 11.3 Å². The van der Waals surface area contributed by atoms with Crippen molar-refractivity contribution in [2.75, 3.05) is 11.9 Å². The predicted molar refractivity (Wildman–Crippen MR) is 101 cm³/mol. The Morgan fingerprint density at radius 1 is 1.15 bits per heavy atom. The van der Waals surface area contributed by atoms with Crippen molar-refractivity contribution in [1.29, 1.82) is 0 Å². The lowest BCUT2D eigenvalue weighted by molar-refractivity contribution is -0.384. The molecule has 0 unspecified atom stereocenters. The highest BCUT2D eigenvalue weighted by atomic mass is 16.6. The number of non-ortho nitro benzene ring substituents is 1. The average Bonchev–Trinajstić information content (AvgIpc) is 2.65. The molecule has 0 saturated carbocycles. The van der Waals surface area contributed by atoms with Gasteiger partial charge in [0, 0.05) is 29.3 Å². The molecule has 0 radical (unpaired) electrons. The lowest BCUT2D eigenvalue weighted by atomic mass is 10.2. The molecule has 8 heteroatoms. The summed E-state index contributed by atoms with van der Waals surface area (Å²) in [5.74, 6) is 0.314. The molecule has 0 aliphatic rings. The van der Waals surface area contributed by atoms with Crippen molar-refractivity contribution in [3.8, 4) is 5.75 Å². The van der Waals surface area contributed by atoms with E-state index in [9.17, 15) is 19.7 Å². The number of hydrogen-bond donors (Lipinski definition) is 1. The highest BCUT2D eigenvalue weighted by Crippen LogP contribution is 2.20. The molecule has 1 amide bonds. The number of rotatable bonds is 6. The fraction of sp³-hybridized carbons (Fsp3) is 0.158. The van der Waals surface area contributed by atoms with Crippen LogP contribution in [-0.4, -0.2) is 22.0 Å². The quantitative estimate of drug-likeness (QED) is 0.533. The Labute approximate surface area is 154 Å². The second-order valence-electron chi connectivity index (χ2n) is 5.76. The minimum Gasteiger partial charge on any atom is -0.494 e. The first kappa shape index (κ1) is 18.1. The van der Waals surface area contributed by atoms with Crippen LogP contribution >= 0.6 is 0 Å². The van der Waals surface area contributed by atoms with Gasteiger partial charge in [-0.3, -0.25) is 24.3 Å². The molecule has 0 atom stereocenters. The van der Waals surface area contributed by atoms with Crippen molar-refractivity contribution < 1.29 is 14.5 Å². The predicted octanol–water partition coefficient (Wildman–Crippen LogP) is 2.95. The summed E-state index contributed by atoms with van der Waals surface area (Å²) in [6, 6.07) is 13.8. The van der Waals surface area contributed by atoms with Gasteiger partial charge in [-0.25, -0.2) is 0 Å². The van der Waals surface area contributed by atoms with Crippen LogP contribution in [0.4, 0.5) is 11.4 Å². The second-order valence-corrected chi connectivity index (χ2v) is 5.76. The standard InChI is InChI=1S/C19H17N3O5/c1-2-27-16-7-4-14(5-8-16)20-18(23)12-21-17-9-6-15(22(25)26)11-13(17)3-10-19(21)24/h3-11H,2,12H2,1H3,(H,20,23). The molecular formula is C19H17N3O5. The third-order valence-electron chi connectivity index (χ3n) is 3.94. The molecular weight excluding hydrogens is 350 g/mol. The molecule has 1 N–H and O–H groups in total. The summed E-state index contributed by atoms with van der Waals surface area (Å²) in [6.07, 6.45) is 0. The molecule has 0 saturated heterocycles. The fourth-order valence-electron chi connectivity index (χ4n) is 2.71. The third kappa shape index (κ3) is 4.12. The van der Waals surface area contributed by atoms with Crippen molar-refractivity contribution in [2.45, 2.75) is 13.5 Å². The smallest absolute Gasteiger partial charge is 0.270 e. The molecule has 0 spiro atoms. The first-order valence-corrected chi connectivity index (χ1v) is 8.28. The van der Waals surface area contributed by atoms with Crippen LogP contribution in [0, 0.1) is 10.1 Å². The van der Waals surface area contributed by atoms with Gasteiger partial charge >= 0.3 is 0 Å². The van der Waals surface area contributed by atoms with E-state index in [1.807, 2.05) is 6.92 Å². The molecule has 8 nitrogen and oxygen atoms in total. The number of carbonyl (C=O) groups is 1. The van der Waals surface area contributed by atoms with Gasteiger partial charge in [0.05, 0.1) is 17.0 Å². The van der Waals surface area contributed by atoms with E-state index in [1.165, 1.54) is 34.9 Å². The lowest BCUT2D eigenvalue weighted by Gasteiger charge is -2.11. The third-order valence-corrected chi connectivity index (χ3v) is 3.94. The number of carbonyl (C=O) groups excluding carboxylic acids is 1. The molecule has 3 aromatic rings. The van der Waals surface area contributed by atoms with Gasteiger partial charge < -0.3 is 10.1 Å². The molecule has 1 heterocycles. The van der Waals surface area contributed by atoms with E-state index >= 15 is 0 Å². The maximum absolute atomic E-state index is 12.4. The normalized spacial score (nSPS) is 10.6. The van der Waals surface area contributed by atoms with E-state index in [-0.39, 0.29) is 23.7 Å². The summed E-state index contributed by atoms with van der Waals surface area (Å²) in [5, 5.41) is 14.1. The van der Waals surface area contributed by atoms with Gasteiger partial charge in [0.2, 0.25) is 5.91 Å². The minimum absolute atomic E-state index is 0.0773. The summed E-state index contributed by atoms with van der Waals surface area (Å²) < 4.78 is 6.63. The Morgan fingerprint density at radius 3 is 2.56 bits per heavy atom. The molecule has 1 aromatic heterocycles. The van der Waals surface area contributed by atoms with Gasteiger partial charge in [-0.2, -0.15) is 0 Å². The Bertz CT molecular complexity index is 1060. The van der Waals surface area contributed by atoms with Gasteiger partial charge in [0.25, 0.3) is 11.2 Å². The molecule has 0 aliphatic carbocycles. The number of pyridine rings is 1. The highest BCUT2D eigenvalue weighted by Gasteiger charge is 2.12. The number of hydrogen-bond acceptors (Lipinski definition) is 5. The number of ether oxygens (including phenoxy) is 1. The van der Waals surface area contributed by atoms with Gasteiger partial charge in [0.15, 0.2) is 0 Å². The number of nitro benzene ring substituents is 1. The van der Waals surface area contributed by atoms with Crippen LogP contribution in [0.3, 0.4) is 0 Å². The first-order valence-electron chi connectivity index (χ1n) is 8.28. The van der Waals surface area contributed by atoms with Crippen molar-refractivity contribution in [3.63, 3.8) is 0 Å². The summed E-state index contributed by atoms with van der Waals surface area (Å²) in [6.45, 7) is 2.22. The molecule has 0 fully saturated rings. The van der Waals surface area contributed by atoms with Crippen LogP contribution in [0.25, 0.3) is 10.9 Å². The topological polar surface area (TPSA) is 103 Å². The van der Waals surface area contributed by atoms with E-state index in [4.69, 9.17) is 4.74 Å². The minimum atomic E-state index is -0.506. The maximum atomic E-state index is 12.4. The van der Waals surface area contributed by atoms with Crippen molar-refractivity contribution in [2.24, 2.45) is 0 Å². The Kier molecular flexibility index (Phi) is 5.16. The number of aromatic nitrogens is 1. The Hall–Kier alpha value is -3.68. The molecule has 0 bridgehead atoms. The van der Waals surface area contributed by atoms with Crippen molar-refractivity contribution in [3.05, 3.63) is 75.1 Å². The van der Waals surface area contributed by atoms with Crippen LogP contribution in [0.5, 0.6) is 5.75 Å². The summed E-state index contributed by atoms with van der Waals surface area (Å²) in [7, 11) is 0. The molecule has 27 heavy (non-hydrogen) atoms. The van der Waals surface area contributed by atoms with E-state index in [1.54, 1.807) is 24.3 Å². The van der Waals surface area contributed by atoms with Crippen LogP contribution in [0.15, 0.2) is 59.4 Å². The zero-order valence-electron chi connectivity index (χ0n) is 14.5. The highest BCUT2D eigenvalue weighted by molar-refractivity contribution is 5.92. The van der Waals surface area contributed by atoms with Crippen molar-refractivity contribution >= 4 is 28.2 Å². The van der Waals surface area contributed by atoms with Gasteiger partial charge in [-0.1, -0.05) is 0 Å². The summed E-state index contributed by atoms with van der Waals surface area (Å²) in [5.41, 5.74) is 0.590. The zero-order chi connectivity index (χ0) is 19.4. The number of nitrogens with zero attached hydrogens (tertiary/aromatic N) is 2. The number of benzene rings is 2. The van der Waals surface area contributed by atoms with E-state index in [0.717, 1.165) is 0 Å². The van der Waals surface area contributed by atoms with Gasteiger partial charge in [-0.15, -0.1) is 0 Å². The van der Waals surface area contributed by atoms with Crippen LogP contribution in [0.1, 0.15) is 6.92 Å². The average molecular weight is 367 g/mol. The Balaban J connectivity index is 1.82. The summed E-state index contributed by atoms with van der Waals surface area (Å²) in [4.78, 5) is 34.9. The molecule has 138 valence electrons. The summed E-state index contributed by atoms with van der Waals surface area (Å²) >= 11 is 0. The van der Waals surface area contributed by atoms with E-state index in [0.29, 0.717) is 28.9 Å². The largest absolute Gasteiger partial charge is 0.494 e. The van der Waals surface area contributed by atoms with Crippen LogP contribution < -0.4 is 15.6 Å². The number of fused-ring (bicyclic) bond motifs is 1. The molecule has 2 aromatic carbocycles. The molecule has 3 rings (SSSR count). The van der Waals surface area contributed by atoms with Gasteiger partial charge in [-0.05, 0) is 43.3 Å². The van der Waals surface area contributed by atoms with Crippen LogP contribution in [0.2, 0.25) is 0 Å².